The van der Waals surface area contributed by atoms with E-state index < -0.39 is 0 Å². The quantitative estimate of drug-likeness (QED) is 0.742. The van der Waals surface area contributed by atoms with Crippen molar-refractivity contribution in [2.75, 3.05) is 19.6 Å². The first-order valence-corrected chi connectivity index (χ1v) is 5.82. The maximum absolute atomic E-state index is 11.5. The Kier molecular flexibility index (Phi) is 5.90. The van der Waals surface area contributed by atoms with Crippen molar-refractivity contribution in [1.82, 2.24) is 10.6 Å². The van der Waals surface area contributed by atoms with Gasteiger partial charge in [0.1, 0.15) is 0 Å². The van der Waals surface area contributed by atoms with Crippen molar-refractivity contribution in [1.29, 1.82) is 0 Å². The van der Waals surface area contributed by atoms with Crippen molar-refractivity contribution >= 4 is 17.5 Å². The molecule has 0 unspecified atom stereocenters. The molecule has 2 N–H and O–H groups in total. The minimum atomic E-state index is 0.00556. The van der Waals surface area contributed by atoms with Crippen LogP contribution in [0.1, 0.15) is 12.5 Å². The Morgan fingerprint density at radius 1 is 1.31 bits per heavy atom. The standard InChI is InChI=1S/C12H17ClN2O/c1-2-14-7-8-15-12(16)9-10-5-3-4-6-11(10)13/h3-6,14H,2,7-9H2,1H3,(H,15,16). The molecular weight excluding hydrogens is 224 g/mol. The minimum absolute atomic E-state index is 0.00556. The lowest BCUT2D eigenvalue weighted by molar-refractivity contribution is -0.120. The zero-order valence-corrected chi connectivity index (χ0v) is 10.2. The number of rotatable bonds is 6. The van der Waals surface area contributed by atoms with Crippen LogP contribution in [-0.4, -0.2) is 25.5 Å². The van der Waals surface area contributed by atoms with Crippen LogP contribution in [-0.2, 0) is 11.2 Å². The van der Waals surface area contributed by atoms with Crippen molar-refractivity contribution in [3.63, 3.8) is 0 Å². The van der Waals surface area contributed by atoms with E-state index in [1.165, 1.54) is 0 Å². The molecule has 0 aliphatic carbocycles. The third kappa shape index (κ3) is 4.64. The van der Waals surface area contributed by atoms with Gasteiger partial charge in [0.15, 0.2) is 0 Å². The Hall–Kier alpha value is -1.06. The maximum Gasteiger partial charge on any atom is 0.224 e. The lowest BCUT2D eigenvalue weighted by atomic mass is 10.1. The number of hydrogen-bond acceptors (Lipinski definition) is 2. The van der Waals surface area contributed by atoms with Crippen molar-refractivity contribution in [2.45, 2.75) is 13.3 Å². The highest BCUT2D eigenvalue weighted by Crippen LogP contribution is 2.14. The number of halogens is 1. The van der Waals surface area contributed by atoms with E-state index in [0.29, 0.717) is 18.0 Å². The van der Waals surface area contributed by atoms with Crippen LogP contribution in [0.5, 0.6) is 0 Å². The highest BCUT2D eigenvalue weighted by molar-refractivity contribution is 6.31. The zero-order chi connectivity index (χ0) is 11.8. The summed E-state index contributed by atoms with van der Waals surface area (Å²) in [6, 6.07) is 7.40. The van der Waals surface area contributed by atoms with E-state index >= 15 is 0 Å². The lowest BCUT2D eigenvalue weighted by Crippen LogP contribution is -2.32. The second-order valence-corrected chi connectivity index (χ2v) is 3.88. The number of carbonyl (C=O) groups excluding carboxylic acids is 1. The fourth-order valence-corrected chi connectivity index (χ4v) is 1.55. The van der Waals surface area contributed by atoms with E-state index in [-0.39, 0.29) is 5.91 Å². The first-order valence-electron chi connectivity index (χ1n) is 5.45. The summed E-state index contributed by atoms with van der Waals surface area (Å²) in [5.41, 5.74) is 0.866. The van der Waals surface area contributed by atoms with E-state index in [4.69, 9.17) is 11.6 Å². The molecule has 0 aromatic heterocycles. The summed E-state index contributed by atoms with van der Waals surface area (Å²) in [4.78, 5) is 11.5. The molecule has 0 radical (unpaired) electrons. The maximum atomic E-state index is 11.5. The highest BCUT2D eigenvalue weighted by atomic mass is 35.5. The largest absolute Gasteiger partial charge is 0.355 e. The fraction of sp³-hybridized carbons (Fsp3) is 0.417. The minimum Gasteiger partial charge on any atom is -0.355 e. The van der Waals surface area contributed by atoms with Gasteiger partial charge in [0.2, 0.25) is 5.91 Å². The van der Waals surface area contributed by atoms with Crippen LogP contribution in [0.3, 0.4) is 0 Å². The molecule has 1 rings (SSSR count). The van der Waals surface area contributed by atoms with Gasteiger partial charge in [-0.1, -0.05) is 36.7 Å². The van der Waals surface area contributed by atoms with E-state index in [2.05, 4.69) is 10.6 Å². The molecule has 0 bridgehead atoms. The van der Waals surface area contributed by atoms with Gasteiger partial charge >= 0.3 is 0 Å². The molecular formula is C12H17ClN2O. The van der Waals surface area contributed by atoms with E-state index in [9.17, 15) is 4.79 Å². The molecule has 4 heteroatoms. The molecule has 0 saturated carbocycles. The number of hydrogen-bond donors (Lipinski definition) is 2. The molecule has 3 nitrogen and oxygen atoms in total. The summed E-state index contributed by atoms with van der Waals surface area (Å²) >= 11 is 5.96. The van der Waals surface area contributed by atoms with Crippen LogP contribution in [0.2, 0.25) is 5.02 Å². The monoisotopic (exact) mass is 240 g/mol. The molecule has 0 fully saturated rings. The third-order valence-corrected chi connectivity index (χ3v) is 2.55. The van der Waals surface area contributed by atoms with Crippen LogP contribution in [0.15, 0.2) is 24.3 Å². The predicted octanol–water partition coefficient (Wildman–Crippen LogP) is 1.61. The van der Waals surface area contributed by atoms with Gasteiger partial charge in [0.25, 0.3) is 0 Å². The first-order chi connectivity index (χ1) is 7.74. The Morgan fingerprint density at radius 2 is 2.06 bits per heavy atom. The zero-order valence-electron chi connectivity index (χ0n) is 9.42. The lowest BCUT2D eigenvalue weighted by Gasteiger charge is -2.06. The van der Waals surface area contributed by atoms with Gasteiger partial charge in [0, 0.05) is 18.1 Å². The average Bonchev–Trinajstić information content (AvgIpc) is 2.28. The van der Waals surface area contributed by atoms with Crippen LogP contribution in [0.4, 0.5) is 0 Å². The SMILES string of the molecule is CCNCCNC(=O)Cc1ccccc1Cl. The molecule has 0 spiro atoms. The van der Waals surface area contributed by atoms with Gasteiger partial charge in [0.05, 0.1) is 6.42 Å². The van der Waals surface area contributed by atoms with Crippen molar-refractivity contribution in [3.05, 3.63) is 34.9 Å². The van der Waals surface area contributed by atoms with Crippen LogP contribution in [0, 0.1) is 0 Å². The first kappa shape index (κ1) is 13.0. The molecule has 0 atom stereocenters. The van der Waals surface area contributed by atoms with Crippen molar-refractivity contribution < 1.29 is 4.79 Å². The number of carbonyl (C=O) groups is 1. The van der Waals surface area contributed by atoms with Gasteiger partial charge < -0.3 is 10.6 Å². The fourth-order valence-electron chi connectivity index (χ4n) is 1.34. The summed E-state index contributed by atoms with van der Waals surface area (Å²) in [6.45, 7) is 4.40. The highest BCUT2D eigenvalue weighted by Gasteiger charge is 2.05. The summed E-state index contributed by atoms with van der Waals surface area (Å²) < 4.78 is 0. The van der Waals surface area contributed by atoms with Gasteiger partial charge in [-0.3, -0.25) is 4.79 Å². The smallest absolute Gasteiger partial charge is 0.224 e. The van der Waals surface area contributed by atoms with E-state index in [0.717, 1.165) is 18.7 Å². The number of benzene rings is 1. The second kappa shape index (κ2) is 7.25. The van der Waals surface area contributed by atoms with Gasteiger partial charge in [-0.25, -0.2) is 0 Å². The second-order valence-electron chi connectivity index (χ2n) is 3.47. The van der Waals surface area contributed by atoms with Crippen LogP contribution < -0.4 is 10.6 Å². The van der Waals surface area contributed by atoms with Crippen LogP contribution in [0.25, 0.3) is 0 Å². The Bertz CT molecular complexity index is 342. The number of nitrogens with one attached hydrogen (secondary N) is 2. The van der Waals surface area contributed by atoms with E-state index in [1.807, 2.05) is 25.1 Å². The Balaban J connectivity index is 2.32. The van der Waals surface area contributed by atoms with Crippen LogP contribution >= 0.6 is 11.6 Å². The molecule has 1 amide bonds. The van der Waals surface area contributed by atoms with Crippen molar-refractivity contribution in [2.24, 2.45) is 0 Å². The molecule has 0 saturated heterocycles. The third-order valence-electron chi connectivity index (χ3n) is 2.18. The topological polar surface area (TPSA) is 41.1 Å². The summed E-state index contributed by atoms with van der Waals surface area (Å²) in [7, 11) is 0. The Morgan fingerprint density at radius 3 is 2.75 bits per heavy atom. The van der Waals surface area contributed by atoms with Crippen molar-refractivity contribution in [3.8, 4) is 0 Å². The molecule has 0 heterocycles. The van der Waals surface area contributed by atoms with E-state index in [1.54, 1.807) is 6.07 Å². The predicted molar refractivity (Wildman–Crippen MR) is 66.7 cm³/mol. The molecule has 88 valence electrons. The summed E-state index contributed by atoms with van der Waals surface area (Å²) in [5.74, 6) is 0.00556. The molecule has 1 aromatic rings. The van der Waals surface area contributed by atoms with Gasteiger partial charge in [-0.05, 0) is 18.2 Å². The summed E-state index contributed by atoms with van der Waals surface area (Å²) in [5, 5.41) is 6.61. The van der Waals surface area contributed by atoms with Gasteiger partial charge in [-0.15, -0.1) is 0 Å². The van der Waals surface area contributed by atoms with Gasteiger partial charge in [-0.2, -0.15) is 0 Å². The number of likely N-dealkylation sites (N-methyl/N-ethyl adjacent to an activating group) is 1. The molecule has 0 aliphatic heterocycles. The average molecular weight is 241 g/mol. The normalized spacial score (nSPS) is 10.1. The molecule has 1 aromatic carbocycles. The molecule has 0 aliphatic rings. The Labute approximate surface area is 101 Å². The number of amides is 1. The summed E-state index contributed by atoms with van der Waals surface area (Å²) in [6.07, 6.45) is 0.339. The molecule has 16 heavy (non-hydrogen) atoms.